The van der Waals surface area contributed by atoms with Crippen molar-refractivity contribution in [2.24, 2.45) is 0 Å². The number of hydrogen-bond donors (Lipinski definition) is 0. The van der Waals surface area contributed by atoms with Gasteiger partial charge in [0.05, 0.1) is 0 Å². The maximum Gasteiger partial charge on any atom is 0.128 e. The van der Waals surface area contributed by atoms with Crippen molar-refractivity contribution in [2.45, 2.75) is 18.9 Å². The van der Waals surface area contributed by atoms with Gasteiger partial charge >= 0.3 is 0 Å². The van der Waals surface area contributed by atoms with E-state index in [9.17, 15) is 0 Å². The lowest BCUT2D eigenvalue weighted by molar-refractivity contribution is 0.174. The molecule has 3 heterocycles. The van der Waals surface area contributed by atoms with Crippen molar-refractivity contribution >= 4 is 5.82 Å². The second kappa shape index (κ2) is 3.81. The lowest BCUT2D eigenvalue weighted by atomic mass is 10.0. The van der Waals surface area contributed by atoms with Crippen LogP contribution in [0.2, 0.25) is 0 Å². The van der Waals surface area contributed by atoms with Crippen molar-refractivity contribution in [1.82, 2.24) is 9.88 Å². The Morgan fingerprint density at radius 1 is 1.20 bits per heavy atom. The second-order valence-electron chi connectivity index (χ2n) is 4.48. The molecule has 80 valence electrons. The summed E-state index contributed by atoms with van der Waals surface area (Å²) in [6, 6.07) is 6.89. The molecule has 0 saturated carbocycles. The van der Waals surface area contributed by atoms with Gasteiger partial charge in [-0.1, -0.05) is 6.07 Å². The maximum atomic E-state index is 4.46. The molecular weight excluding hydrogens is 186 g/mol. The topological polar surface area (TPSA) is 19.4 Å². The molecule has 0 radical (unpaired) electrons. The van der Waals surface area contributed by atoms with E-state index >= 15 is 0 Å². The van der Waals surface area contributed by atoms with Crippen molar-refractivity contribution in [3.05, 3.63) is 24.4 Å². The molecule has 3 nitrogen and oxygen atoms in total. The van der Waals surface area contributed by atoms with Crippen LogP contribution in [0, 0.1) is 0 Å². The average Bonchev–Trinajstić information content (AvgIpc) is 2.31. The summed E-state index contributed by atoms with van der Waals surface area (Å²) in [6.45, 7) is 4.87. The zero-order valence-corrected chi connectivity index (χ0v) is 8.97. The van der Waals surface area contributed by atoms with Gasteiger partial charge in [-0.3, -0.25) is 4.90 Å². The molecule has 0 N–H and O–H groups in total. The van der Waals surface area contributed by atoms with Gasteiger partial charge in [0.1, 0.15) is 5.82 Å². The number of piperazine rings is 1. The molecule has 1 aromatic rings. The van der Waals surface area contributed by atoms with E-state index in [0.29, 0.717) is 6.04 Å². The Labute approximate surface area is 90.7 Å². The molecule has 2 aliphatic rings. The van der Waals surface area contributed by atoms with Gasteiger partial charge in [0.25, 0.3) is 0 Å². The second-order valence-corrected chi connectivity index (χ2v) is 4.48. The summed E-state index contributed by atoms with van der Waals surface area (Å²) in [4.78, 5) is 9.52. The summed E-state index contributed by atoms with van der Waals surface area (Å²) in [6.07, 6.45) is 4.56. The van der Waals surface area contributed by atoms with Crippen LogP contribution in [-0.2, 0) is 0 Å². The normalized spacial score (nSPS) is 30.3. The molecule has 2 fully saturated rings. The summed E-state index contributed by atoms with van der Waals surface area (Å²) >= 11 is 0. The molecule has 2 unspecified atom stereocenters. The van der Waals surface area contributed by atoms with Crippen LogP contribution in [0.5, 0.6) is 0 Å². The highest BCUT2D eigenvalue weighted by Crippen LogP contribution is 2.24. The number of nitrogens with zero attached hydrogens (tertiary/aromatic N) is 3. The molecule has 2 saturated heterocycles. The monoisotopic (exact) mass is 203 g/mol. The predicted molar refractivity (Wildman–Crippen MR) is 61.0 cm³/mol. The van der Waals surface area contributed by atoms with E-state index in [-0.39, 0.29) is 0 Å². The number of aromatic nitrogens is 1. The molecular formula is C12H17N3. The fourth-order valence-electron chi connectivity index (χ4n) is 2.75. The van der Waals surface area contributed by atoms with E-state index in [4.69, 9.17) is 0 Å². The summed E-state index contributed by atoms with van der Waals surface area (Å²) in [7, 11) is 0. The first kappa shape index (κ1) is 9.16. The van der Waals surface area contributed by atoms with Gasteiger partial charge in [0.15, 0.2) is 0 Å². The third kappa shape index (κ3) is 1.72. The summed E-state index contributed by atoms with van der Waals surface area (Å²) in [5.74, 6) is 1.16. The fourth-order valence-corrected chi connectivity index (χ4v) is 2.75. The number of anilines is 1. The van der Waals surface area contributed by atoms with Crippen LogP contribution in [0.25, 0.3) is 0 Å². The van der Waals surface area contributed by atoms with Crippen molar-refractivity contribution in [3.63, 3.8) is 0 Å². The largest absolute Gasteiger partial charge is 0.351 e. The third-order valence-corrected chi connectivity index (χ3v) is 3.52. The van der Waals surface area contributed by atoms with Crippen molar-refractivity contribution in [3.8, 4) is 0 Å². The Bertz CT molecular complexity index is 325. The molecule has 2 bridgehead atoms. The number of fused-ring (bicyclic) bond motifs is 2. The maximum absolute atomic E-state index is 4.46. The SMILES string of the molecule is c1ccc(N2CCN3CCCC2C3)nc1. The molecule has 0 amide bonds. The van der Waals surface area contributed by atoms with Crippen LogP contribution in [-0.4, -0.2) is 42.1 Å². The number of pyridine rings is 1. The van der Waals surface area contributed by atoms with Crippen molar-refractivity contribution < 1.29 is 0 Å². The Morgan fingerprint density at radius 2 is 2.20 bits per heavy atom. The summed E-state index contributed by atoms with van der Waals surface area (Å²) in [5.41, 5.74) is 0. The van der Waals surface area contributed by atoms with Crippen LogP contribution < -0.4 is 4.90 Å². The van der Waals surface area contributed by atoms with Crippen LogP contribution >= 0.6 is 0 Å². The lowest BCUT2D eigenvalue weighted by Gasteiger charge is -2.45. The molecule has 15 heavy (non-hydrogen) atoms. The summed E-state index contributed by atoms with van der Waals surface area (Å²) < 4.78 is 0. The van der Waals surface area contributed by atoms with E-state index in [1.54, 1.807) is 0 Å². The first-order valence-corrected chi connectivity index (χ1v) is 5.83. The molecule has 2 aliphatic heterocycles. The summed E-state index contributed by atoms with van der Waals surface area (Å²) in [5, 5.41) is 0. The third-order valence-electron chi connectivity index (χ3n) is 3.52. The minimum Gasteiger partial charge on any atom is -0.351 e. The lowest BCUT2D eigenvalue weighted by Crippen LogP contribution is -2.56. The number of rotatable bonds is 1. The molecule has 1 aromatic heterocycles. The minimum absolute atomic E-state index is 0.697. The average molecular weight is 203 g/mol. The highest BCUT2D eigenvalue weighted by atomic mass is 15.3. The first-order valence-electron chi connectivity index (χ1n) is 5.83. The van der Waals surface area contributed by atoms with E-state index in [2.05, 4.69) is 26.9 Å². The zero-order valence-electron chi connectivity index (χ0n) is 8.97. The zero-order chi connectivity index (χ0) is 10.1. The van der Waals surface area contributed by atoms with E-state index in [0.717, 1.165) is 12.4 Å². The van der Waals surface area contributed by atoms with E-state index in [1.165, 1.54) is 32.5 Å². The van der Waals surface area contributed by atoms with Gasteiger partial charge in [0.2, 0.25) is 0 Å². The Morgan fingerprint density at radius 3 is 3.07 bits per heavy atom. The highest BCUT2D eigenvalue weighted by molar-refractivity contribution is 5.40. The van der Waals surface area contributed by atoms with Gasteiger partial charge in [-0.25, -0.2) is 4.98 Å². The van der Waals surface area contributed by atoms with Crippen molar-refractivity contribution in [1.29, 1.82) is 0 Å². The van der Waals surface area contributed by atoms with Crippen LogP contribution in [0.3, 0.4) is 0 Å². The van der Waals surface area contributed by atoms with Gasteiger partial charge in [-0.15, -0.1) is 0 Å². The fraction of sp³-hybridized carbons (Fsp3) is 0.583. The standard InChI is InChI=1S/C12H17N3/c1-2-6-13-12(5-1)15-9-8-14-7-3-4-11(15)10-14/h1-2,5-6,11H,3-4,7-10H2. The minimum atomic E-state index is 0.697. The van der Waals surface area contributed by atoms with Crippen LogP contribution in [0.1, 0.15) is 12.8 Å². The number of hydrogen-bond acceptors (Lipinski definition) is 3. The molecule has 0 aromatic carbocycles. The van der Waals surface area contributed by atoms with Gasteiger partial charge in [-0.2, -0.15) is 0 Å². The van der Waals surface area contributed by atoms with Gasteiger partial charge in [0, 0.05) is 31.9 Å². The molecule has 3 heteroatoms. The van der Waals surface area contributed by atoms with Crippen LogP contribution in [0.4, 0.5) is 5.82 Å². The molecule has 2 atom stereocenters. The Hall–Kier alpha value is -1.09. The van der Waals surface area contributed by atoms with Gasteiger partial charge in [-0.05, 0) is 31.5 Å². The molecule has 0 spiro atoms. The van der Waals surface area contributed by atoms with E-state index in [1.807, 2.05) is 12.3 Å². The van der Waals surface area contributed by atoms with Crippen LogP contribution in [0.15, 0.2) is 24.4 Å². The highest BCUT2D eigenvalue weighted by Gasteiger charge is 2.30. The predicted octanol–water partition coefficient (Wildman–Crippen LogP) is 1.37. The Balaban J connectivity index is 1.81. The molecule has 0 aliphatic carbocycles. The smallest absolute Gasteiger partial charge is 0.128 e. The quantitative estimate of drug-likeness (QED) is 0.687. The Kier molecular flexibility index (Phi) is 2.33. The van der Waals surface area contributed by atoms with E-state index < -0.39 is 0 Å². The number of piperidine rings is 1. The molecule has 3 rings (SSSR count). The van der Waals surface area contributed by atoms with Gasteiger partial charge < -0.3 is 4.90 Å². The van der Waals surface area contributed by atoms with Crippen molar-refractivity contribution in [2.75, 3.05) is 31.1 Å². The first-order chi connectivity index (χ1) is 7.43.